The number of nitrogens with one attached hydrogen (secondary N) is 1. The lowest BCUT2D eigenvalue weighted by Crippen LogP contribution is -2.35. The maximum atomic E-state index is 12.6. The van der Waals surface area contributed by atoms with E-state index in [0.29, 0.717) is 23.6 Å². The standard InChI is InChI=1S/C19H18N2O4/c1-3-25-17-11-13(7-8-16(17)22)10-15-18(23)20-21(19(15)24)14-6-4-5-12(2)9-14/h4-11,22H,3H2,1-2H3,(H,20,23)/b15-10-. The minimum Gasteiger partial charge on any atom is -0.504 e. The number of phenols is 1. The molecule has 6 nitrogen and oxygen atoms in total. The van der Waals surface area contributed by atoms with Crippen LogP contribution in [0.2, 0.25) is 0 Å². The zero-order valence-electron chi connectivity index (χ0n) is 13.9. The van der Waals surface area contributed by atoms with Gasteiger partial charge in [0, 0.05) is 0 Å². The SMILES string of the molecule is CCOc1cc(/C=C2/C(=O)NN(c3cccc(C)c3)C2=O)ccc1O. The summed E-state index contributed by atoms with van der Waals surface area (Å²) in [5, 5.41) is 11.0. The Morgan fingerprint density at radius 2 is 2.00 bits per heavy atom. The molecule has 2 aromatic carbocycles. The van der Waals surface area contributed by atoms with E-state index in [1.807, 2.05) is 25.1 Å². The van der Waals surface area contributed by atoms with Gasteiger partial charge in [-0.1, -0.05) is 18.2 Å². The number of phenolic OH excluding ortho intramolecular Hbond substituents is 1. The molecule has 1 aliphatic rings. The Morgan fingerprint density at radius 3 is 2.72 bits per heavy atom. The third-order valence-corrected chi connectivity index (χ3v) is 3.75. The number of amides is 2. The Balaban J connectivity index is 1.92. The Morgan fingerprint density at radius 1 is 1.20 bits per heavy atom. The molecule has 3 rings (SSSR count). The molecule has 0 atom stereocenters. The fourth-order valence-corrected chi connectivity index (χ4v) is 2.56. The third kappa shape index (κ3) is 3.33. The molecule has 0 bridgehead atoms. The van der Waals surface area contributed by atoms with E-state index in [2.05, 4.69) is 5.43 Å². The first-order chi connectivity index (χ1) is 12.0. The highest BCUT2D eigenvalue weighted by atomic mass is 16.5. The molecule has 25 heavy (non-hydrogen) atoms. The predicted molar refractivity (Wildman–Crippen MR) is 94.1 cm³/mol. The average Bonchev–Trinajstić information content (AvgIpc) is 2.86. The van der Waals surface area contributed by atoms with E-state index in [0.717, 1.165) is 5.56 Å². The number of anilines is 1. The molecular weight excluding hydrogens is 320 g/mol. The van der Waals surface area contributed by atoms with Crippen molar-refractivity contribution in [3.8, 4) is 11.5 Å². The number of benzene rings is 2. The zero-order valence-corrected chi connectivity index (χ0v) is 13.9. The van der Waals surface area contributed by atoms with Gasteiger partial charge in [0.1, 0.15) is 5.57 Å². The first-order valence-corrected chi connectivity index (χ1v) is 7.89. The van der Waals surface area contributed by atoms with Crippen LogP contribution in [0.5, 0.6) is 11.5 Å². The normalized spacial score (nSPS) is 15.6. The van der Waals surface area contributed by atoms with Gasteiger partial charge in [-0.25, -0.2) is 5.01 Å². The van der Waals surface area contributed by atoms with Crippen molar-refractivity contribution in [2.45, 2.75) is 13.8 Å². The van der Waals surface area contributed by atoms with Crippen molar-refractivity contribution in [3.05, 3.63) is 59.2 Å². The highest BCUT2D eigenvalue weighted by molar-refractivity contribution is 6.31. The minimum absolute atomic E-state index is 0.00703. The second kappa shape index (κ2) is 6.68. The van der Waals surface area contributed by atoms with Crippen LogP contribution < -0.4 is 15.2 Å². The number of aromatic hydroxyl groups is 1. The van der Waals surface area contributed by atoms with Crippen LogP contribution in [-0.2, 0) is 9.59 Å². The third-order valence-electron chi connectivity index (χ3n) is 3.75. The number of hydrogen-bond acceptors (Lipinski definition) is 4. The zero-order chi connectivity index (χ0) is 18.0. The Bertz CT molecular complexity index is 873. The number of rotatable bonds is 4. The fourth-order valence-electron chi connectivity index (χ4n) is 2.56. The first-order valence-electron chi connectivity index (χ1n) is 7.89. The first kappa shape index (κ1) is 16.6. The van der Waals surface area contributed by atoms with E-state index in [1.165, 1.54) is 17.2 Å². The van der Waals surface area contributed by atoms with E-state index in [1.54, 1.807) is 25.1 Å². The van der Waals surface area contributed by atoms with E-state index in [9.17, 15) is 14.7 Å². The summed E-state index contributed by atoms with van der Waals surface area (Å²) in [4.78, 5) is 24.8. The molecule has 0 unspecified atom stereocenters. The summed E-state index contributed by atoms with van der Waals surface area (Å²) in [6.07, 6.45) is 1.48. The highest BCUT2D eigenvalue weighted by Crippen LogP contribution is 2.29. The van der Waals surface area contributed by atoms with Gasteiger partial charge in [-0.2, -0.15) is 0 Å². The molecule has 0 aromatic heterocycles. The van der Waals surface area contributed by atoms with Crippen molar-refractivity contribution in [2.24, 2.45) is 0 Å². The molecule has 1 aliphatic heterocycles. The van der Waals surface area contributed by atoms with Gasteiger partial charge in [-0.05, 0) is 55.3 Å². The molecule has 2 N–H and O–H groups in total. The summed E-state index contributed by atoms with van der Waals surface area (Å²) >= 11 is 0. The summed E-state index contributed by atoms with van der Waals surface area (Å²) in [5.74, 6) is -0.593. The topological polar surface area (TPSA) is 78.9 Å². The van der Waals surface area contributed by atoms with Crippen LogP contribution >= 0.6 is 0 Å². The van der Waals surface area contributed by atoms with Crippen LogP contribution in [0.3, 0.4) is 0 Å². The van der Waals surface area contributed by atoms with Gasteiger partial charge in [0.25, 0.3) is 11.8 Å². The largest absolute Gasteiger partial charge is 0.504 e. The van der Waals surface area contributed by atoms with Gasteiger partial charge >= 0.3 is 0 Å². The summed E-state index contributed by atoms with van der Waals surface area (Å²) < 4.78 is 5.32. The van der Waals surface area contributed by atoms with Gasteiger partial charge in [-0.3, -0.25) is 15.0 Å². The van der Waals surface area contributed by atoms with Crippen LogP contribution in [0.4, 0.5) is 5.69 Å². The molecule has 1 saturated heterocycles. The molecule has 0 aliphatic carbocycles. The van der Waals surface area contributed by atoms with Crippen molar-refractivity contribution in [1.82, 2.24) is 5.43 Å². The summed E-state index contributed by atoms with van der Waals surface area (Å²) in [6.45, 7) is 4.11. The Hall–Kier alpha value is -3.28. The maximum Gasteiger partial charge on any atom is 0.282 e. The molecule has 0 radical (unpaired) electrons. The molecule has 0 saturated carbocycles. The summed E-state index contributed by atoms with van der Waals surface area (Å²) in [6, 6.07) is 12.0. The van der Waals surface area contributed by atoms with E-state index in [-0.39, 0.29) is 11.3 Å². The molecular formula is C19H18N2O4. The lowest BCUT2D eigenvalue weighted by Gasteiger charge is -2.14. The Labute approximate surface area is 145 Å². The molecule has 128 valence electrons. The van der Waals surface area contributed by atoms with Gasteiger partial charge < -0.3 is 9.84 Å². The number of hydrogen-bond donors (Lipinski definition) is 2. The van der Waals surface area contributed by atoms with Crippen LogP contribution in [0, 0.1) is 6.92 Å². The van der Waals surface area contributed by atoms with Gasteiger partial charge in [0.05, 0.1) is 12.3 Å². The number of carbonyl (C=O) groups is 2. The molecule has 1 fully saturated rings. The number of ether oxygens (including phenoxy) is 1. The van der Waals surface area contributed by atoms with Crippen molar-refractivity contribution >= 4 is 23.6 Å². The van der Waals surface area contributed by atoms with Crippen LogP contribution in [0.15, 0.2) is 48.0 Å². The summed E-state index contributed by atoms with van der Waals surface area (Å²) in [5.41, 5.74) is 4.76. The number of aryl methyl sites for hydroxylation is 1. The van der Waals surface area contributed by atoms with Crippen molar-refractivity contribution in [3.63, 3.8) is 0 Å². The average molecular weight is 338 g/mol. The van der Waals surface area contributed by atoms with Crippen molar-refractivity contribution in [1.29, 1.82) is 0 Å². The van der Waals surface area contributed by atoms with Gasteiger partial charge in [-0.15, -0.1) is 0 Å². The Kier molecular flexibility index (Phi) is 4.43. The predicted octanol–water partition coefficient (Wildman–Crippen LogP) is 2.56. The summed E-state index contributed by atoms with van der Waals surface area (Å²) in [7, 11) is 0. The molecule has 0 spiro atoms. The maximum absolute atomic E-state index is 12.6. The van der Waals surface area contributed by atoms with E-state index >= 15 is 0 Å². The number of hydrazine groups is 1. The van der Waals surface area contributed by atoms with Crippen LogP contribution in [0.25, 0.3) is 6.08 Å². The minimum atomic E-state index is -0.474. The molecule has 6 heteroatoms. The lowest BCUT2D eigenvalue weighted by molar-refractivity contribution is -0.117. The monoisotopic (exact) mass is 338 g/mol. The smallest absolute Gasteiger partial charge is 0.282 e. The van der Waals surface area contributed by atoms with E-state index < -0.39 is 11.8 Å². The van der Waals surface area contributed by atoms with Gasteiger partial charge in [0.2, 0.25) is 0 Å². The molecule has 1 heterocycles. The van der Waals surface area contributed by atoms with Crippen LogP contribution in [-0.4, -0.2) is 23.5 Å². The lowest BCUT2D eigenvalue weighted by atomic mass is 10.1. The molecule has 2 amide bonds. The second-order valence-electron chi connectivity index (χ2n) is 5.64. The van der Waals surface area contributed by atoms with E-state index in [4.69, 9.17) is 4.74 Å². The fraction of sp³-hybridized carbons (Fsp3) is 0.158. The highest BCUT2D eigenvalue weighted by Gasteiger charge is 2.34. The number of nitrogens with zero attached hydrogens (tertiary/aromatic N) is 1. The second-order valence-corrected chi connectivity index (χ2v) is 5.64. The van der Waals surface area contributed by atoms with Gasteiger partial charge in [0.15, 0.2) is 11.5 Å². The molecule has 2 aromatic rings. The van der Waals surface area contributed by atoms with Crippen molar-refractivity contribution < 1.29 is 19.4 Å². The number of carbonyl (C=O) groups excluding carboxylic acids is 2. The van der Waals surface area contributed by atoms with Crippen molar-refractivity contribution in [2.75, 3.05) is 11.6 Å². The quantitative estimate of drug-likeness (QED) is 0.663. The van der Waals surface area contributed by atoms with Crippen LogP contribution in [0.1, 0.15) is 18.1 Å².